The van der Waals surface area contributed by atoms with E-state index in [0.717, 1.165) is 48.9 Å². The molecule has 1 saturated heterocycles. The van der Waals surface area contributed by atoms with E-state index in [4.69, 9.17) is 4.74 Å². The summed E-state index contributed by atoms with van der Waals surface area (Å²) in [6.45, 7) is 4.75. The summed E-state index contributed by atoms with van der Waals surface area (Å²) in [5, 5.41) is 0.538. The number of benzene rings is 2. The van der Waals surface area contributed by atoms with Crippen molar-refractivity contribution in [2.24, 2.45) is 0 Å². The number of hydrogen-bond donors (Lipinski definition) is 0. The van der Waals surface area contributed by atoms with Crippen molar-refractivity contribution in [3.05, 3.63) is 53.8 Å². The Morgan fingerprint density at radius 1 is 1.23 bits per heavy atom. The third-order valence-electron chi connectivity index (χ3n) is 5.13. The number of morpholine rings is 1. The average molecular weight is 482 g/mol. The van der Waals surface area contributed by atoms with E-state index in [9.17, 15) is 9.18 Å². The van der Waals surface area contributed by atoms with E-state index in [0.29, 0.717) is 22.8 Å². The Balaban J connectivity index is 0.00000272. The first-order valence-corrected chi connectivity index (χ1v) is 12.0. The molecule has 3 aromatic rings. The maximum atomic E-state index is 14.2. The van der Waals surface area contributed by atoms with E-state index in [2.05, 4.69) is 9.88 Å². The molecule has 5 nitrogen and oxygen atoms in total. The van der Waals surface area contributed by atoms with Crippen LogP contribution in [0.4, 0.5) is 9.52 Å². The molecule has 9 heteroatoms. The number of aromatic nitrogens is 1. The Morgan fingerprint density at radius 3 is 2.65 bits per heavy atom. The second-order valence-corrected chi connectivity index (χ2v) is 8.96. The Labute approximate surface area is 196 Å². The van der Waals surface area contributed by atoms with Crippen molar-refractivity contribution in [3.63, 3.8) is 0 Å². The zero-order valence-corrected chi connectivity index (χ0v) is 19.7. The second kappa shape index (κ2) is 11.2. The van der Waals surface area contributed by atoms with Crippen molar-refractivity contribution in [3.8, 4) is 0 Å². The smallest absolute Gasteiger partial charge is 0.260 e. The summed E-state index contributed by atoms with van der Waals surface area (Å²) in [4.78, 5) is 23.0. The first-order chi connectivity index (χ1) is 14.7. The van der Waals surface area contributed by atoms with Gasteiger partial charge in [-0.15, -0.1) is 24.2 Å². The molecule has 0 N–H and O–H groups in total. The molecule has 2 aromatic carbocycles. The van der Waals surface area contributed by atoms with Gasteiger partial charge in [-0.05, 0) is 49.1 Å². The number of anilines is 1. The zero-order chi connectivity index (χ0) is 20.9. The van der Waals surface area contributed by atoms with Crippen molar-refractivity contribution < 1.29 is 13.9 Å². The van der Waals surface area contributed by atoms with Gasteiger partial charge < -0.3 is 4.74 Å². The zero-order valence-electron chi connectivity index (χ0n) is 17.3. The maximum Gasteiger partial charge on any atom is 0.260 e. The van der Waals surface area contributed by atoms with Gasteiger partial charge in [0.15, 0.2) is 5.13 Å². The Hall–Kier alpha value is -1.71. The summed E-state index contributed by atoms with van der Waals surface area (Å²) in [6.07, 6.45) is 2.82. The number of fused-ring (bicyclic) bond motifs is 1. The summed E-state index contributed by atoms with van der Waals surface area (Å²) in [5.74, 6) is -0.468. The number of carbonyl (C=O) groups excluding carboxylic acids is 1. The van der Waals surface area contributed by atoms with E-state index in [-0.39, 0.29) is 24.1 Å². The van der Waals surface area contributed by atoms with Crippen LogP contribution in [0.2, 0.25) is 0 Å². The van der Waals surface area contributed by atoms with Gasteiger partial charge in [-0.2, -0.15) is 0 Å². The number of rotatable bonds is 7. The number of para-hydroxylation sites is 1. The summed E-state index contributed by atoms with van der Waals surface area (Å²) in [7, 11) is 0. The standard InChI is InChI=1S/C22H24FN3O2S2.ClH/c1-29-17-8-6-16(7-9-17)21(27)26(11-3-10-25-12-14-28-15-13-25)22-24-20-18(23)4-2-5-19(20)30-22;/h2,4-9H,3,10-15H2,1H3;1H. The molecule has 0 bridgehead atoms. The lowest BCUT2D eigenvalue weighted by atomic mass is 10.2. The van der Waals surface area contributed by atoms with Crippen molar-refractivity contribution in [1.82, 2.24) is 9.88 Å². The highest BCUT2D eigenvalue weighted by molar-refractivity contribution is 7.98. The predicted molar refractivity (Wildman–Crippen MR) is 129 cm³/mol. The van der Waals surface area contributed by atoms with Gasteiger partial charge in [-0.25, -0.2) is 9.37 Å². The largest absolute Gasteiger partial charge is 0.379 e. The Morgan fingerprint density at radius 2 is 1.97 bits per heavy atom. The molecule has 1 fully saturated rings. The van der Waals surface area contributed by atoms with Gasteiger partial charge in [-0.3, -0.25) is 14.6 Å². The SMILES string of the molecule is CSc1ccc(C(=O)N(CCCN2CCOCC2)c2nc3c(F)cccc3s2)cc1.Cl. The third-order valence-corrected chi connectivity index (χ3v) is 6.92. The Kier molecular flexibility index (Phi) is 8.68. The highest BCUT2D eigenvalue weighted by atomic mass is 35.5. The number of carbonyl (C=O) groups is 1. The van der Waals surface area contributed by atoms with E-state index in [1.807, 2.05) is 36.6 Å². The number of halogens is 2. The molecule has 31 heavy (non-hydrogen) atoms. The predicted octanol–water partition coefficient (Wildman–Crippen LogP) is 4.95. The van der Waals surface area contributed by atoms with Crippen molar-refractivity contribution in [1.29, 1.82) is 0 Å². The van der Waals surface area contributed by atoms with E-state index < -0.39 is 0 Å². The van der Waals surface area contributed by atoms with Gasteiger partial charge in [0.25, 0.3) is 5.91 Å². The van der Waals surface area contributed by atoms with Gasteiger partial charge in [-0.1, -0.05) is 17.4 Å². The molecule has 4 rings (SSSR count). The monoisotopic (exact) mass is 481 g/mol. The molecule has 1 aliphatic rings. The molecule has 0 unspecified atom stereocenters. The quantitative estimate of drug-likeness (QED) is 0.447. The van der Waals surface area contributed by atoms with Crippen LogP contribution in [-0.2, 0) is 4.74 Å². The minimum atomic E-state index is -0.361. The number of thioether (sulfide) groups is 1. The van der Waals surface area contributed by atoms with Crippen molar-refractivity contribution in [2.45, 2.75) is 11.3 Å². The fourth-order valence-corrected chi connectivity index (χ4v) is 4.88. The van der Waals surface area contributed by atoms with Gasteiger partial charge in [0.2, 0.25) is 0 Å². The number of amides is 1. The van der Waals surface area contributed by atoms with Crippen LogP contribution in [0.3, 0.4) is 0 Å². The maximum absolute atomic E-state index is 14.2. The highest BCUT2D eigenvalue weighted by Crippen LogP contribution is 2.31. The molecule has 2 heterocycles. The minimum absolute atomic E-state index is 0. The number of hydrogen-bond acceptors (Lipinski definition) is 6. The van der Waals surface area contributed by atoms with Crippen LogP contribution in [-0.4, -0.2) is 61.4 Å². The molecule has 0 aliphatic carbocycles. The molecule has 0 radical (unpaired) electrons. The van der Waals surface area contributed by atoms with Crippen LogP contribution in [0.25, 0.3) is 10.2 Å². The summed E-state index contributed by atoms with van der Waals surface area (Å²) >= 11 is 2.99. The minimum Gasteiger partial charge on any atom is -0.379 e. The van der Waals surface area contributed by atoms with Crippen LogP contribution in [0.5, 0.6) is 0 Å². The molecule has 0 spiro atoms. The molecule has 1 aliphatic heterocycles. The van der Waals surface area contributed by atoms with E-state index in [1.165, 1.54) is 17.4 Å². The van der Waals surface area contributed by atoms with Gasteiger partial charge in [0, 0.05) is 36.6 Å². The lowest BCUT2D eigenvalue weighted by molar-refractivity contribution is 0.0376. The van der Waals surface area contributed by atoms with Crippen LogP contribution >= 0.6 is 35.5 Å². The number of thiazole rings is 1. The van der Waals surface area contributed by atoms with Crippen molar-refractivity contribution in [2.75, 3.05) is 50.5 Å². The molecule has 166 valence electrons. The van der Waals surface area contributed by atoms with Gasteiger partial charge in [0.05, 0.1) is 17.9 Å². The fourth-order valence-electron chi connectivity index (χ4n) is 3.47. The summed E-state index contributed by atoms with van der Waals surface area (Å²) in [5.41, 5.74) is 0.931. The van der Waals surface area contributed by atoms with Crippen LogP contribution in [0, 0.1) is 5.82 Å². The molecule has 1 amide bonds. The molecule has 1 aromatic heterocycles. The lowest BCUT2D eigenvalue weighted by Crippen LogP contribution is -2.39. The molecular formula is C22H25ClFN3O2S2. The number of nitrogens with zero attached hydrogens (tertiary/aromatic N) is 3. The second-order valence-electron chi connectivity index (χ2n) is 7.08. The molecule has 0 saturated carbocycles. The summed E-state index contributed by atoms with van der Waals surface area (Å²) in [6, 6.07) is 12.5. The van der Waals surface area contributed by atoms with Gasteiger partial charge >= 0.3 is 0 Å². The van der Waals surface area contributed by atoms with Gasteiger partial charge in [0.1, 0.15) is 11.3 Å². The molecule has 0 atom stereocenters. The normalized spacial score (nSPS) is 14.4. The van der Waals surface area contributed by atoms with Crippen molar-refractivity contribution >= 4 is 56.8 Å². The average Bonchev–Trinajstić information content (AvgIpc) is 3.22. The van der Waals surface area contributed by atoms with E-state index >= 15 is 0 Å². The molecular weight excluding hydrogens is 457 g/mol. The Bertz CT molecular complexity index is 1010. The first-order valence-electron chi connectivity index (χ1n) is 9.97. The topological polar surface area (TPSA) is 45.7 Å². The van der Waals surface area contributed by atoms with Crippen LogP contribution in [0.15, 0.2) is 47.4 Å². The van der Waals surface area contributed by atoms with Crippen LogP contribution in [0.1, 0.15) is 16.8 Å². The highest BCUT2D eigenvalue weighted by Gasteiger charge is 2.22. The fraction of sp³-hybridized carbons (Fsp3) is 0.364. The third kappa shape index (κ3) is 5.75. The lowest BCUT2D eigenvalue weighted by Gasteiger charge is -2.27. The number of ether oxygens (including phenoxy) is 1. The van der Waals surface area contributed by atoms with Crippen LogP contribution < -0.4 is 4.90 Å². The first kappa shape index (κ1) is 23.9. The summed E-state index contributed by atoms with van der Waals surface area (Å²) < 4.78 is 20.3. The van der Waals surface area contributed by atoms with E-state index in [1.54, 1.807) is 22.7 Å².